The van der Waals surface area contributed by atoms with Crippen molar-refractivity contribution in [1.29, 1.82) is 0 Å². The van der Waals surface area contributed by atoms with Gasteiger partial charge in [-0.05, 0) is 141 Å². The van der Waals surface area contributed by atoms with E-state index >= 15 is 0 Å². The topological polar surface area (TPSA) is 9.72 Å². The lowest BCUT2D eigenvalue weighted by molar-refractivity contribution is 0.659. The molecule has 0 unspecified atom stereocenters. The molecule has 1 saturated heterocycles. The molecule has 3 aliphatic heterocycles. The number of fused-ring (bicyclic) bond motifs is 10. The highest BCUT2D eigenvalue weighted by molar-refractivity contribution is 7.05. The van der Waals surface area contributed by atoms with Crippen LogP contribution in [0.15, 0.2) is 200 Å². The zero-order chi connectivity index (χ0) is 43.3. The third-order valence-corrected chi connectivity index (χ3v) is 20.7. The maximum Gasteiger partial charge on any atom is 0.123 e. The summed E-state index contributed by atoms with van der Waals surface area (Å²) in [4.78, 5) is 7.45. The lowest BCUT2D eigenvalue weighted by Gasteiger charge is -2.43. The summed E-state index contributed by atoms with van der Waals surface area (Å²) in [5.41, 5.74) is 19.3. The van der Waals surface area contributed by atoms with E-state index in [1.54, 1.807) is 10.4 Å². The largest absolute Gasteiger partial charge is 0.310 e. The third kappa shape index (κ3) is 5.73. The molecule has 4 heteroatoms. The number of para-hydroxylation sites is 7. The van der Waals surface area contributed by atoms with Crippen molar-refractivity contribution >= 4 is 80.4 Å². The molecule has 3 nitrogen and oxygen atoms in total. The molecule has 314 valence electrons. The summed E-state index contributed by atoms with van der Waals surface area (Å²) in [5.74, 6) is 0. The van der Waals surface area contributed by atoms with Crippen molar-refractivity contribution in [2.45, 2.75) is 57.0 Å². The standard InChI is InChI=1S/C61H51N3Si/c1-61(2)50-40-42(32-34-43-18-16-22-49-46(43)21-17-29-52(49)64-57-27-10-12-30-59(57)65(38-14-15-39-65)60-31-13-11-28-58(60)64)33-36-47(50)48-37-35-45(41-51(48)61)63-55-25-8-6-23-53(55)62(44-19-4-3-5-20-44)54-24-7-9-26-56(54)63/h3-13,16-31,33,35-37,40-41H,14-15,32,34,38-39H2,1-2H3. The summed E-state index contributed by atoms with van der Waals surface area (Å²) in [6.07, 6.45) is 4.66. The van der Waals surface area contributed by atoms with Gasteiger partial charge in [-0.2, -0.15) is 0 Å². The van der Waals surface area contributed by atoms with E-state index in [-0.39, 0.29) is 5.41 Å². The van der Waals surface area contributed by atoms with Crippen molar-refractivity contribution in [2.24, 2.45) is 0 Å². The monoisotopic (exact) mass is 853 g/mol. The van der Waals surface area contributed by atoms with Crippen LogP contribution in [0.4, 0.5) is 51.2 Å². The number of hydrogen-bond acceptors (Lipinski definition) is 3. The van der Waals surface area contributed by atoms with Gasteiger partial charge in [0.15, 0.2) is 0 Å². The van der Waals surface area contributed by atoms with Gasteiger partial charge in [0.2, 0.25) is 0 Å². The Morgan fingerprint density at radius 3 is 1.55 bits per heavy atom. The minimum absolute atomic E-state index is 0.156. The Balaban J connectivity index is 0.822. The number of rotatable bonds is 6. The van der Waals surface area contributed by atoms with Crippen LogP contribution in [-0.4, -0.2) is 8.07 Å². The minimum Gasteiger partial charge on any atom is -0.310 e. The van der Waals surface area contributed by atoms with Crippen molar-refractivity contribution in [1.82, 2.24) is 0 Å². The Bertz CT molecular complexity index is 3250. The first-order chi connectivity index (χ1) is 32.0. The molecule has 0 bridgehead atoms. The molecule has 9 aromatic rings. The first-order valence-electron chi connectivity index (χ1n) is 23.6. The number of hydrogen-bond donors (Lipinski definition) is 0. The van der Waals surface area contributed by atoms with E-state index in [1.807, 2.05) is 0 Å². The molecule has 0 radical (unpaired) electrons. The Morgan fingerprint density at radius 1 is 0.400 bits per heavy atom. The zero-order valence-corrected chi connectivity index (χ0v) is 38.1. The molecule has 0 amide bonds. The number of aryl methyl sites for hydroxylation is 2. The van der Waals surface area contributed by atoms with Crippen LogP contribution >= 0.6 is 0 Å². The number of benzene rings is 9. The lowest BCUT2D eigenvalue weighted by Crippen LogP contribution is -2.60. The molecule has 1 aliphatic carbocycles. The van der Waals surface area contributed by atoms with Crippen LogP contribution in [0.5, 0.6) is 0 Å². The summed E-state index contributed by atoms with van der Waals surface area (Å²) in [7, 11) is -1.80. The summed E-state index contributed by atoms with van der Waals surface area (Å²) >= 11 is 0. The molecule has 4 aliphatic rings. The molecule has 1 fully saturated rings. The van der Waals surface area contributed by atoms with Crippen LogP contribution in [0.2, 0.25) is 12.1 Å². The summed E-state index contributed by atoms with van der Waals surface area (Å²) in [6.45, 7) is 4.83. The minimum atomic E-state index is -1.80. The maximum absolute atomic E-state index is 2.60. The molecular weight excluding hydrogens is 803 g/mol. The quantitative estimate of drug-likeness (QED) is 0.154. The third-order valence-electron chi connectivity index (χ3n) is 15.4. The van der Waals surface area contributed by atoms with Crippen LogP contribution in [0, 0.1) is 0 Å². The highest BCUT2D eigenvalue weighted by Crippen LogP contribution is 2.56. The van der Waals surface area contributed by atoms with Crippen molar-refractivity contribution in [3.05, 3.63) is 222 Å². The maximum atomic E-state index is 2.60. The fraction of sp³-hybridized carbons (Fsp3) is 0.148. The van der Waals surface area contributed by atoms with Crippen molar-refractivity contribution in [3.63, 3.8) is 0 Å². The van der Waals surface area contributed by atoms with Crippen LogP contribution in [0.25, 0.3) is 21.9 Å². The number of nitrogens with zero attached hydrogens (tertiary/aromatic N) is 3. The second-order valence-corrected chi connectivity index (χ2v) is 23.4. The van der Waals surface area contributed by atoms with E-state index in [2.05, 4.69) is 229 Å². The Kier molecular flexibility index (Phi) is 8.67. The molecule has 9 aromatic carbocycles. The van der Waals surface area contributed by atoms with Gasteiger partial charge in [0.05, 0.1) is 28.4 Å². The fourth-order valence-corrected chi connectivity index (χ4v) is 17.9. The van der Waals surface area contributed by atoms with Crippen LogP contribution in [0.1, 0.15) is 48.9 Å². The van der Waals surface area contributed by atoms with Gasteiger partial charge in [0.25, 0.3) is 0 Å². The second kappa shape index (κ2) is 14.7. The van der Waals surface area contributed by atoms with Gasteiger partial charge in [0.1, 0.15) is 8.07 Å². The smallest absolute Gasteiger partial charge is 0.123 e. The van der Waals surface area contributed by atoms with Crippen molar-refractivity contribution < 1.29 is 0 Å². The van der Waals surface area contributed by atoms with Crippen molar-refractivity contribution in [2.75, 3.05) is 14.7 Å². The highest BCUT2D eigenvalue weighted by Gasteiger charge is 2.47. The molecule has 13 rings (SSSR count). The van der Waals surface area contributed by atoms with E-state index in [0.29, 0.717) is 0 Å². The van der Waals surface area contributed by atoms with Gasteiger partial charge in [-0.3, -0.25) is 0 Å². The Morgan fingerprint density at radius 2 is 0.908 bits per heavy atom. The van der Waals surface area contributed by atoms with Gasteiger partial charge in [0, 0.05) is 33.6 Å². The van der Waals surface area contributed by atoms with E-state index in [0.717, 1.165) is 18.5 Å². The molecule has 3 heterocycles. The molecular formula is C61H51N3Si. The lowest BCUT2D eigenvalue weighted by atomic mass is 9.81. The first kappa shape index (κ1) is 38.3. The second-order valence-electron chi connectivity index (χ2n) is 19.2. The van der Waals surface area contributed by atoms with Crippen LogP contribution < -0.4 is 25.1 Å². The molecule has 0 N–H and O–H groups in total. The molecule has 65 heavy (non-hydrogen) atoms. The van der Waals surface area contributed by atoms with E-state index in [4.69, 9.17) is 0 Å². The van der Waals surface area contributed by atoms with Gasteiger partial charge in [-0.1, -0.05) is 160 Å². The summed E-state index contributed by atoms with van der Waals surface area (Å²) in [5, 5.41) is 5.93. The normalized spacial score (nSPS) is 15.9. The summed E-state index contributed by atoms with van der Waals surface area (Å²) < 4.78 is 0. The van der Waals surface area contributed by atoms with Crippen molar-refractivity contribution in [3.8, 4) is 11.1 Å². The van der Waals surface area contributed by atoms with Gasteiger partial charge in [-0.15, -0.1) is 0 Å². The Labute approximate surface area is 383 Å². The molecule has 0 atom stereocenters. The molecule has 0 saturated carbocycles. The predicted molar refractivity (Wildman–Crippen MR) is 277 cm³/mol. The molecule has 0 aromatic heterocycles. The van der Waals surface area contributed by atoms with E-state index in [1.165, 1.54) is 115 Å². The summed E-state index contributed by atoms with van der Waals surface area (Å²) in [6, 6.07) is 78.3. The zero-order valence-electron chi connectivity index (χ0n) is 37.1. The van der Waals surface area contributed by atoms with Crippen LogP contribution in [-0.2, 0) is 18.3 Å². The van der Waals surface area contributed by atoms with Gasteiger partial charge in [-0.25, -0.2) is 0 Å². The number of anilines is 9. The van der Waals surface area contributed by atoms with Gasteiger partial charge < -0.3 is 14.7 Å². The SMILES string of the molecule is CC1(C)c2cc(CCc3cccc4c(N5c6ccccc6[Si]6(CCCC6)c6ccccc65)cccc34)ccc2-c2ccc(N3c4ccccc4N(c4ccccc4)c4ccccc43)cc21. The van der Waals surface area contributed by atoms with E-state index in [9.17, 15) is 0 Å². The molecule has 1 spiro atoms. The first-order valence-corrected chi connectivity index (χ1v) is 26.0. The average Bonchev–Trinajstić information content (AvgIpc) is 3.93. The Hall–Kier alpha value is -7.14. The average molecular weight is 854 g/mol. The van der Waals surface area contributed by atoms with Gasteiger partial charge >= 0.3 is 0 Å². The predicted octanol–water partition coefficient (Wildman–Crippen LogP) is 15.3. The highest BCUT2D eigenvalue weighted by atomic mass is 28.3. The van der Waals surface area contributed by atoms with E-state index < -0.39 is 8.07 Å². The van der Waals surface area contributed by atoms with Crippen LogP contribution in [0.3, 0.4) is 0 Å². The fourth-order valence-electron chi connectivity index (χ4n) is 12.4.